The Morgan fingerprint density at radius 1 is 1.41 bits per heavy atom. The quantitative estimate of drug-likeness (QED) is 0.696. The van der Waals surface area contributed by atoms with Gasteiger partial charge in [-0.25, -0.2) is 0 Å². The molecule has 0 spiro atoms. The second-order valence-electron chi connectivity index (χ2n) is 5.43. The van der Waals surface area contributed by atoms with Gasteiger partial charge in [-0.3, -0.25) is 5.10 Å². The summed E-state index contributed by atoms with van der Waals surface area (Å²) in [4.78, 5) is 2.06. The largest absolute Gasteiger partial charge is 0.378 e. The Labute approximate surface area is 134 Å². The highest BCUT2D eigenvalue weighted by atomic mass is 32.1. The fourth-order valence-electron chi connectivity index (χ4n) is 2.39. The predicted molar refractivity (Wildman–Crippen MR) is 89.1 cm³/mol. The number of H-pyrrole nitrogens is 1. The van der Waals surface area contributed by atoms with Crippen molar-refractivity contribution in [3.05, 3.63) is 40.4 Å². The first-order valence-electron chi connectivity index (χ1n) is 7.26. The number of anilines is 1. The van der Waals surface area contributed by atoms with Crippen molar-refractivity contribution >= 4 is 24.1 Å². The van der Waals surface area contributed by atoms with Crippen LogP contribution in [0.25, 0.3) is 0 Å². The van der Waals surface area contributed by atoms with E-state index >= 15 is 0 Å². The van der Waals surface area contributed by atoms with E-state index in [1.165, 1.54) is 0 Å². The number of aromatic nitrogens is 3. The minimum atomic E-state index is -0.0267. The van der Waals surface area contributed by atoms with Gasteiger partial charge in [0, 0.05) is 26.4 Å². The molecule has 0 amide bonds. The number of aromatic amines is 1. The van der Waals surface area contributed by atoms with Crippen molar-refractivity contribution in [2.45, 2.75) is 18.9 Å². The first kappa shape index (κ1) is 14.9. The minimum Gasteiger partial charge on any atom is -0.378 e. The van der Waals surface area contributed by atoms with Crippen LogP contribution >= 0.6 is 12.2 Å². The topological polar surface area (TPSA) is 58.4 Å². The Bertz CT molecular complexity index is 710. The van der Waals surface area contributed by atoms with Crippen LogP contribution in [0.15, 0.2) is 29.4 Å². The molecule has 1 N–H and O–H groups in total. The zero-order chi connectivity index (χ0) is 15.5. The van der Waals surface area contributed by atoms with Gasteiger partial charge in [-0.1, -0.05) is 12.1 Å². The van der Waals surface area contributed by atoms with E-state index in [-0.39, 0.29) is 6.10 Å². The van der Waals surface area contributed by atoms with E-state index in [1.54, 1.807) is 10.9 Å². The van der Waals surface area contributed by atoms with Crippen LogP contribution in [0.3, 0.4) is 0 Å². The molecule has 2 heterocycles. The standard InChI is InChI=1S/C15H19N5OS/c1-19(2)12-7-5-11(6-8-12)10-16-20-14(17-18-15(20)22)13-4-3-9-21-13/h5-8,10,13H,3-4,9H2,1-2H3,(H,18,22)/b16-10-/t13-/m1/s1. The van der Waals surface area contributed by atoms with Crippen LogP contribution < -0.4 is 4.90 Å². The molecule has 1 atom stereocenters. The van der Waals surface area contributed by atoms with Gasteiger partial charge in [0.1, 0.15) is 6.10 Å². The van der Waals surface area contributed by atoms with E-state index < -0.39 is 0 Å². The maximum Gasteiger partial charge on any atom is 0.216 e. The van der Waals surface area contributed by atoms with Crippen molar-refractivity contribution in [3.63, 3.8) is 0 Å². The van der Waals surface area contributed by atoms with E-state index in [0.29, 0.717) is 4.77 Å². The maximum atomic E-state index is 5.66. The van der Waals surface area contributed by atoms with Crippen molar-refractivity contribution in [1.82, 2.24) is 14.9 Å². The Kier molecular flexibility index (Phi) is 4.35. The lowest BCUT2D eigenvalue weighted by atomic mass is 10.2. The summed E-state index contributed by atoms with van der Waals surface area (Å²) in [6.45, 7) is 0.764. The minimum absolute atomic E-state index is 0.0267. The third-order valence-corrected chi connectivity index (χ3v) is 3.89. The van der Waals surface area contributed by atoms with Crippen LogP contribution in [0.1, 0.15) is 30.3 Å². The summed E-state index contributed by atoms with van der Waals surface area (Å²) in [7, 11) is 4.03. The highest BCUT2D eigenvalue weighted by molar-refractivity contribution is 7.71. The van der Waals surface area contributed by atoms with Crippen LogP contribution in [0.2, 0.25) is 0 Å². The van der Waals surface area contributed by atoms with Gasteiger partial charge in [-0.2, -0.15) is 14.9 Å². The van der Waals surface area contributed by atoms with Gasteiger partial charge in [-0.05, 0) is 42.8 Å². The van der Waals surface area contributed by atoms with Gasteiger partial charge < -0.3 is 9.64 Å². The van der Waals surface area contributed by atoms with Crippen LogP contribution in [-0.4, -0.2) is 41.8 Å². The number of nitrogens with zero attached hydrogens (tertiary/aromatic N) is 4. The first-order valence-corrected chi connectivity index (χ1v) is 7.66. The molecular formula is C15H19N5OS. The molecule has 1 fully saturated rings. The van der Waals surface area contributed by atoms with E-state index in [1.807, 2.05) is 26.2 Å². The molecule has 0 saturated carbocycles. The number of nitrogens with one attached hydrogen (secondary N) is 1. The van der Waals surface area contributed by atoms with E-state index in [0.717, 1.165) is 36.5 Å². The van der Waals surface area contributed by atoms with Crippen molar-refractivity contribution < 1.29 is 4.74 Å². The van der Waals surface area contributed by atoms with Gasteiger partial charge in [-0.15, -0.1) is 0 Å². The van der Waals surface area contributed by atoms with Gasteiger partial charge in [0.05, 0.1) is 6.21 Å². The average Bonchev–Trinajstić information content (AvgIpc) is 3.15. The van der Waals surface area contributed by atoms with Crippen LogP contribution in [0.4, 0.5) is 5.69 Å². The molecule has 7 heteroatoms. The molecular weight excluding hydrogens is 298 g/mol. The summed E-state index contributed by atoms with van der Waals surface area (Å²) in [6.07, 6.45) is 3.75. The Morgan fingerprint density at radius 3 is 2.82 bits per heavy atom. The van der Waals surface area contributed by atoms with Crippen molar-refractivity contribution in [2.24, 2.45) is 5.10 Å². The van der Waals surface area contributed by atoms with E-state index in [2.05, 4.69) is 32.3 Å². The lowest BCUT2D eigenvalue weighted by Gasteiger charge is -2.11. The molecule has 0 aliphatic carbocycles. The number of ether oxygens (including phenoxy) is 1. The lowest BCUT2D eigenvalue weighted by molar-refractivity contribution is 0.102. The van der Waals surface area contributed by atoms with Crippen LogP contribution in [0.5, 0.6) is 0 Å². The summed E-state index contributed by atoms with van der Waals surface area (Å²) >= 11 is 5.25. The molecule has 0 unspecified atom stereocenters. The van der Waals surface area contributed by atoms with E-state index in [4.69, 9.17) is 17.0 Å². The molecule has 1 saturated heterocycles. The zero-order valence-corrected chi connectivity index (χ0v) is 13.5. The van der Waals surface area contributed by atoms with Gasteiger partial charge >= 0.3 is 0 Å². The summed E-state index contributed by atoms with van der Waals surface area (Å²) in [5.74, 6) is 0.740. The SMILES string of the molecule is CN(C)c1ccc(/C=N\n2c([C@H]3CCCO3)n[nH]c2=S)cc1. The highest BCUT2D eigenvalue weighted by Crippen LogP contribution is 2.26. The highest BCUT2D eigenvalue weighted by Gasteiger charge is 2.23. The molecule has 3 rings (SSSR count). The number of hydrogen-bond donors (Lipinski definition) is 1. The first-order chi connectivity index (χ1) is 10.6. The molecule has 6 nitrogen and oxygen atoms in total. The van der Waals surface area contributed by atoms with Gasteiger partial charge in [0.15, 0.2) is 5.82 Å². The summed E-state index contributed by atoms with van der Waals surface area (Å²) in [6, 6.07) is 8.15. The van der Waals surface area contributed by atoms with Gasteiger partial charge in [0.2, 0.25) is 4.77 Å². The number of rotatable bonds is 4. The predicted octanol–water partition coefficient (Wildman–Crippen LogP) is 2.74. The molecule has 0 radical (unpaired) electrons. The molecule has 1 aliphatic heterocycles. The maximum absolute atomic E-state index is 5.66. The molecule has 22 heavy (non-hydrogen) atoms. The monoisotopic (exact) mass is 317 g/mol. The smallest absolute Gasteiger partial charge is 0.216 e. The Hall–Kier alpha value is -1.99. The normalized spacial score (nSPS) is 18.2. The number of benzene rings is 1. The second-order valence-corrected chi connectivity index (χ2v) is 5.82. The van der Waals surface area contributed by atoms with E-state index in [9.17, 15) is 0 Å². The zero-order valence-electron chi connectivity index (χ0n) is 12.7. The molecule has 1 aromatic heterocycles. The Balaban J connectivity index is 1.83. The van der Waals surface area contributed by atoms with Gasteiger partial charge in [0.25, 0.3) is 0 Å². The molecule has 1 aromatic carbocycles. The molecule has 1 aliphatic rings. The van der Waals surface area contributed by atoms with Crippen LogP contribution in [-0.2, 0) is 4.74 Å². The fraction of sp³-hybridized carbons (Fsp3) is 0.400. The molecule has 0 bridgehead atoms. The Morgan fingerprint density at radius 2 is 2.18 bits per heavy atom. The average molecular weight is 317 g/mol. The second kappa shape index (κ2) is 6.41. The third-order valence-electron chi connectivity index (χ3n) is 3.62. The summed E-state index contributed by atoms with van der Waals surface area (Å²) < 4.78 is 7.78. The van der Waals surface area contributed by atoms with Crippen molar-refractivity contribution in [3.8, 4) is 0 Å². The fourth-order valence-corrected chi connectivity index (χ4v) is 2.57. The lowest BCUT2D eigenvalue weighted by Crippen LogP contribution is -2.08. The summed E-state index contributed by atoms with van der Waals surface area (Å²) in [5, 5.41) is 11.5. The molecule has 116 valence electrons. The van der Waals surface area contributed by atoms with Crippen LogP contribution in [0, 0.1) is 4.77 Å². The third kappa shape index (κ3) is 3.10. The molecule has 2 aromatic rings. The summed E-state index contributed by atoms with van der Waals surface area (Å²) in [5.41, 5.74) is 2.16. The van der Waals surface area contributed by atoms with Crippen molar-refractivity contribution in [1.29, 1.82) is 0 Å². The van der Waals surface area contributed by atoms with Crippen molar-refractivity contribution in [2.75, 3.05) is 25.6 Å². The number of hydrogen-bond acceptors (Lipinski definition) is 5.